The van der Waals surface area contributed by atoms with Crippen LogP contribution < -0.4 is 5.32 Å². The maximum atomic E-state index is 13.2. The predicted octanol–water partition coefficient (Wildman–Crippen LogP) is 17.1. The molecule has 0 aliphatic rings. The van der Waals surface area contributed by atoms with Gasteiger partial charge in [0.05, 0.1) is 25.2 Å². The van der Waals surface area contributed by atoms with Crippen molar-refractivity contribution in [2.45, 2.75) is 322 Å². The molecule has 0 aromatic rings. The zero-order valence-electron chi connectivity index (χ0n) is 42.5. The van der Waals surface area contributed by atoms with Crippen molar-refractivity contribution >= 4 is 11.9 Å². The second kappa shape index (κ2) is 51.3. The van der Waals surface area contributed by atoms with Crippen LogP contribution in [0, 0.1) is 0 Å². The van der Waals surface area contributed by atoms with Gasteiger partial charge in [-0.15, -0.1) is 0 Å². The molecule has 63 heavy (non-hydrogen) atoms. The molecule has 0 fully saturated rings. The van der Waals surface area contributed by atoms with Crippen molar-refractivity contribution in [3.63, 3.8) is 0 Å². The van der Waals surface area contributed by atoms with Gasteiger partial charge in [0.2, 0.25) is 5.91 Å². The normalized spacial score (nSPS) is 13.3. The van der Waals surface area contributed by atoms with E-state index in [2.05, 4.69) is 50.4 Å². The van der Waals surface area contributed by atoms with Gasteiger partial charge in [-0.3, -0.25) is 9.59 Å². The highest BCUT2D eigenvalue weighted by Gasteiger charge is 2.24. The Balaban J connectivity index is 4.56. The summed E-state index contributed by atoms with van der Waals surface area (Å²) in [5, 5.41) is 23.8. The van der Waals surface area contributed by atoms with Crippen LogP contribution in [0.5, 0.6) is 0 Å². The van der Waals surface area contributed by atoms with Gasteiger partial charge in [0.15, 0.2) is 0 Å². The molecule has 0 aromatic heterocycles. The number of hydrogen-bond donors (Lipinski definition) is 3. The Morgan fingerprint density at radius 1 is 0.444 bits per heavy atom. The zero-order valence-corrected chi connectivity index (χ0v) is 42.5. The summed E-state index contributed by atoms with van der Waals surface area (Å²) in [5.41, 5.74) is 0. The number of nitrogens with one attached hydrogen (secondary N) is 1. The monoisotopic (exact) mass is 888 g/mol. The topological polar surface area (TPSA) is 95.9 Å². The molecule has 0 saturated carbocycles. The van der Waals surface area contributed by atoms with Crippen molar-refractivity contribution in [3.05, 3.63) is 24.3 Å². The van der Waals surface area contributed by atoms with Gasteiger partial charge in [0, 0.05) is 6.42 Å². The fourth-order valence-electron chi connectivity index (χ4n) is 8.72. The lowest BCUT2D eigenvalue weighted by Gasteiger charge is -2.24. The van der Waals surface area contributed by atoms with E-state index in [4.69, 9.17) is 4.74 Å². The van der Waals surface area contributed by atoms with Crippen LogP contribution >= 0.6 is 0 Å². The molecular weight excluding hydrogens is 779 g/mol. The van der Waals surface area contributed by atoms with Gasteiger partial charge in [0.25, 0.3) is 0 Å². The van der Waals surface area contributed by atoms with E-state index in [1.54, 1.807) is 0 Å². The van der Waals surface area contributed by atoms with Crippen LogP contribution in [-0.4, -0.2) is 46.9 Å². The molecule has 6 heteroatoms. The first-order valence-corrected chi connectivity index (χ1v) is 28.1. The third kappa shape index (κ3) is 46.7. The first-order chi connectivity index (χ1) is 31.0. The Morgan fingerprint density at radius 3 is 1.13 bits per heavy atom. The van der Waals surface area contributed by atoms with Crippen molar-refractivity contribution in [1.82, 2.24) is 5.32 Å². The maximum Gasteiger partial charge on any atom is 0.306 e. The Bertz CT molecular complexity index is 997. The number of esters is 1. The number of carbonyl (C=O) groups excluding carboxylic acids is 2. The minimum Gasteiger partial charge on any atom is -0.462 e. The molecule has 372 valence electrons. The molecule has 0 bridgehead atoms. The lowest BCUT2D eigenvalue weighted by molar-refractivity contribution is -0.151. The summed E-state index contributed by atoms with van der Waals surface area (Å²) in [6.45, 7) is 6.50. The first kappa shape index (κ1) is 61.3. The van der Waals surface area contributed by atoms with E-state index in [-0.39, 0.29) is 24.9 Å². The van der Waals surface area contributed by atoms with Crippen LogP contribution in [0.2, 0.25) is 0 Å². The minimum absolute atomic E-state index is 0.0730. The molecule has 0 aliphatic heterocycles. The quantitative estimate of drug-likeness (QED) is 0.0321. The van der Waals surface area contributed by atoms with E-state index in [1.807, 2.05) is 0 Å². The molecule has 1 amide bonds. The Morgan fingerprint density at radius 2 is 0.762 bits per heavy atom. The third-order valence-electron chi connectivity index (χ3n) is 13.0. The number of amides is 1. The number of hydrogen-bond acceptors (Lipinski definition) is 5. The Hall–Kier alpha value is -1.66. The van der Waals surface area contributed by atoms with Crippen molar-refractivity contribution in [3.8, 4) is 0 Å². The van der Waals surface area contributed by atoms with Crippen LogP contribution in [-0.2, 0) is 14.3 Å². The molecule has 0 aliphatic carbocycles. The highest BCUT2D eigenvalue weighted by atomic mass is 16.5. The molecule has 3 unspecified atom stereocenters. The Kier molecular flexibility index (Phi) is 50.0. The maximum absolute atomic E-state index is 13.2. The van der Waals surface area contributed by atoms with E-state index < -0.39 is 18.2 Å². The molecule has 6 nitrogen and oxygen atoms in total. The van der Waals surface area contributed by atoms with Crippen LogP contribution in [0.4, 0.5) is 0 Å². The van der Waals surface area contributed by atoms with Crippen molar-refractivity contribution in [2.24, 2.45) is 0 Å². The summed E-state index contributed by atoms with van der Waals surface area (Å²) in [4.78, 5) is 26.2. The molecule has 0 heterocycles. The van der Waals surface area contributed by atoms with Gasteiger partial charge in [-0.1, -0.05) is 238 Å². The summed E-state index contributed by atoms with van der Waals surface area (Å²) in [5.74, 6) is -0.476. The van der Waals surface area contributed by atoms with E-state index in [1.165, 1.54) is 193 Å². The largest absolute Gasteiger partial charge is 0.462 e. The van der Waals surface area contributed by atoms with Gasteiger partial charge < -0.3 is 20.3 Å². The lowest BCUT2D eigenvalue weighted by atomic mass is 10.0. The smallest absolute Gasteiger partial charge is 0.306 e. The Labute approximate surface area is 392 Å². The average Bonchev–Trinajstić information content (AvgIpc) is 3.28. The number of aliphatic hydroxyl groups excluding tert-OH is 2. The van der Waals surface area contributed by atoms with Crippen LogP contribution in [0.3, 0.4) is 0 Å². The average molecular weight is 889 g/mol. The highest BCUT2D eigenvalue weighted by Crippen LogP contribution is 2.18. The molecule has 0 radical (unpaired) electrons. The summed E-state index contributed by atoms with van der Waals surface area (Å²) in [7, 11) is 0. The minimum atomic E-state index is -0.788. The first-order valence-electron chi connectivity index (χ1n) is 28.1. The van der Waals surface area contributed by atoms with E-state index in [0.717, 1.165) is 64.2 Å². The number of allylic oxidation sites excluding steroid dienone is 4. The second-order valence-corrected chi connectivity index (χ2v) is 19.3. The second-order valence-electron chi connectivity index (χ2n) is 19.3. The van der Waals surface area contributed by atoms with Gasteiger partial charge in [-0.05, 0) is 77.0 Å². The van der Waals surface area contributed by atoms with Crippen LogP contribution in [0.25, 0.3) is 0 Å². The number of unbranched alkanes of at least 4 members (excludes halogenated alkanes) is 35. The molecule has 3 N–H and O–H groups in total. The van der Waals surface area contributed by atoms with Crippen LogP contribution in [0.1, 0.15) is 303 Å². The SMILES string of the molecule is CCCCCCCC/C=C/CCCCCCCC(CC(=O)NC(CO)C(O)CCCCCCCCCCCCCCC)OC(=O)CCCCCCC/C=C/CCCCCCCCC. The molecule has 3 atom stereocenters. The zero-order chi connectivity index (χ0) is 45.9. The number of ether oxygens (including phenoxy) is 1. The van der Waals surface area contributed by atoms with Crippen molar-refractivity contribution in [1.29, 1.82) is 0 Å². The van der Waals surface area contributed by atoms with Gasteiger partial charge in [-0.2, -0.15) is 0 Å². The lowest BCUT2D eigenvalue weighted by Crippen LogP contribution is -2.46. The molecule has 0 aromatic carbocycles. The number of rotatable bonds is 51. The number of carbonyl (C=O) groups is 2. The summed E-state index contributed by atoms with van der Waals surface area (Å²) in [6, 6.07) is -0.702. The van der Waals surface area contributed by atoms with Gasteiger partial charge in [-0.25, -0.2) is 0 Å². The summed E-state index contributed by atoms with van der Waals surface area (Å²) in [6.07, 6.45) is 59.5. The van der Waals surface area contributed by atoms with Crippen molar-refractivity contribution < 1.29 is 24.5 Å². The van der Waals surface area contributed by atoms with Gasteiger partial charge >= 0.3 is 5.97 Å². The summed E-state index contributed by atoms with van der Waals surface area (Å²) < 4.78 is 5.95. The molecule has 0 rings (SSSR count). The van der Waals surface area contributed by atoms with Crippen molar-refractivity contribution in [2.75, 3.05) is 6.61 Å². The van der Waals surface area contributed by atoms with Crippen LogP contribution in [0.15, 0.2) is 24.3 Å². The number of aliphatic hydroxyl groups is 2. The predicted molar refractivity (Wildman–Crippen MR) is 273 cm³/mol. The van der Waals surface area contributed by atoms with E-state index in [9.17, 15) is 19.8 Å². The van der Waals surface area contributed by atoms with E-state index >= 15 is 0 Å². The fraction of sp³-hybridized carbons (Fsp3) is 0.895. The fourth-order valence-corrected chi connectivity index (χ4v) is 8.72. The van der Waals surface area contributed by atoms with Gasteiger partial charge in [0.1, 0.15) is 6.10 Å². The highest BCUT2D eigenvalue weighted by molar-refractivity contribution is 5.77. The molecule has 0 spiro atoms. The third-order valence-corrected chi connectivity index (χ3v) is 13.0. The van der Waals surface area contributed by atoms with E-state index in [0.29, 0.717) is 19.3 Å². The standard InChI is InChI=1S/C57H109NO5/c1-4-7-10-13-16-19-22-25-27-29-32-35-38-41-44-47-50-57(62)63-53(48-45-42-39-36-33-31-28-26-23-20-17-14-11-8-5-2)51-56(61)58-54(52-59)55(60)49-46-43-40-37-34-30-24-21-18-15-12-9-6-3/h26-29,53-55,59-60H,4-25,30-52H2,1-3H3,(H,58,61)/b28-26+,29-27+. The summed E-state index contributed by atoms with van der Waals surface area (Å²) >= 11 is 0. The molecule has 0 saturated heterocycles. The molecular formula is C57H109NO5.